The number of pyridine rings is 1. The quantitative estimate of drug-likeness (QED) is 0.887. The lowest BCUT2D eigenvalue weighted by atomic mass is 10.1. The van der Waals surface area contributed by atoms with Crippen LogP contribution in [0.2, 0.25) is 0 Å². The van der Waals surface area contributed by atoms with Gasteiger partial charge >= 0.3 is 6.18 Å². The summed E-state index contributed by atoms with van der Waals surface area (Å²) in [5.41, 5.74) is -0.695. The van der Waals surface area contributed by atoms with Crippen LogP contribution in [0.3, 0.4) is 0 Å². The molecule has 1 saturated heterocycles. The molecule has 1 aliphatic heterocycles. The van der Waals surface area contributed by atoms with Crippen LogP contribution >= 0.6 is 0 Å². The maximum absolute atomic E-state index is 12.3. The van der Waals surface area contributed by atoms with Crippen LogP contribution in [0.1, 0.15) is 25.0 Å². The first kappa shape index (κ1) is 13.8. The van der Waals surface area contributed by atoms with Crippen LogP contribution in [-0.2, 0) is 11.0 Å². The first-order valence-corrected chi connectivity index (χ1v) is 6.01. The number of hydrogen-bond acceptors (Lipinski definition) is 3. The molecule has 1 aromatic rings. The van der Waals surface area contributed by atoms with Gasteiger partial charge in [0.05, 0.1) is 11.9 Å². The summed E-state index contributed by atoms with van der Waals surface area (Å²) in [7, 11) is 0. The van der Waals surface area contributed by atoms with Crippen molar-refractivity contribution in [3.05, 3.63) is 24.0 Å². The standard InChI is InChI=1S/C12H14F3N3O/c13-12(14,15)10-4-3-9(7-17-10)18-11(19)6-8-2-1-5-16-8/h3-4,7-8,16H,1-2,5-6H2,(H,18,19). The number of anilines is 1. The van der Waals surface area contributed by atoms with E-state index in [-0.39, 0.29) is 17.6 Å². The first-order valence-electron chi connectivity index (χ1n) is 6.01. The van der Waals surface area contributed by atoms with Gasteiger partial charge in [0.15, 0.2) is 0 Å². The zero-order chi connectivity index (χ0) is 13.9. The molecule has 1 atom stereocenters. The largest absolute Gasteiger partial charge is 0.433 e. The minimum absolute atomic E-state index is 0.155. The molecule has 0 saturated carbocycles. The predicted octanol–water partition coefficient (Wildman–Crippen LogP) is 2.18. The second-order valence-electron chi connectivity index (χ2n) is 4.48. The van der Waals surface area contributed by atoms with E-state index >= 15 is 0 Å². The predicted molar refractivity (Wildman–Crippen MR) is 63.5 cm³/mol. The van der Waals surface area contributed by atoms with Gasteiger partial charge < -0.3 is 10.6 Å². The zero-order valence-corrected chi connectivity index (χ0v) is 10.1. The molecule has 4 nitrogen and oxygen atoms in total. The Labute approximate surface area is 108 Å². The molecule has 0 radical (unpaired) electrons. The van der Waals surface area contributed by atoms with Crippen molar-refractivity contribution in [2.75, 3.05) is 11.9 Å². The van der Waals surface area contributed by atoms with Crippen LogP contribution in [-0.4, -0.2) is 23.5 Å². The van der Waals surface area contributed by atoms with Gasteiger partial charge in [0.25, 0.3) is 0 Å². The summed E-state index contributed by atoms with van der Waals surface area (Å²) in [6.45, 7) is 0.903. The molecule has 19 heavy (non-hydrogen) atoms. The SMILES string of the molecule is O=C(CC1CCCN1)Nc1ccc(C(F)(F)F)nc1. The zero-order valence-electron chi connectivity index (χ0n) is 10.1. The van der Waals surface area contributed by atoms with E-state index in [1.807, 2.05) is 0 Å². The first-order chi connectivity index (χ1) is 8.95. The van der Waals surface area contributed by atoms with Gasteiger partial charge in [-0.2, -0.15) is 13.2 Å². The Morgan fingerprint density at radius 2 is 2.26 bits per heavy atom. The number of hydrogen-bond donors (Lipinski definition) is 2. The summed E-state index contributed by atoms with van der Waals surface area (Å²) >= 11 is 0. The third kappa shape index (κ3) is 3.92. The van der Waals surface area contributed by atoms with Gasteiger partial charge in [-0.1, -0.05) is 0 Å². The fourth-order valence-electron chi connectivity index (χ4n) is 2.00. The van der Waals surface area contributed by atoms with E-state index in [0.29, 0.717) is 6.42 Å². The lowest BCUT2D eigenvalue weighted by molar-refractivity contribution is -0.141. The maximum Gasteiger partial charge on any atom is 0.433 e. The van der Waals surface area contributed by atoms with Crippen molar-refractivity contribution in [3.8, 4) is 0 Å². The van der Waals surface area contributed by atoms with E-state index in [1.54, 1.807) is 0 Å². The summed E-state index contributed by atoms with van der Waals surface area (Å²) < 4.78 is 36.9. The Bertz CT molecular complexity index is 439. The molecule has 1 aromatic heterocycles. The highest BCUT2D eigenvalue weighted by Gasteiger charge is 2.32. The molecule has 0 aromatic carbocycles. The van der Waals surface area contributed by atoms with Crippen LogP contribution in [0.15, 0.2) is 18.3 Å². The van der Waals surface area contributed by atoms with Crippen LogP contribution in [0.5, 0.6) is 0 Å². The molecule has 0 aliphatic carbocycles. The van der Waals surface area contributed by atoms with Crippen molar-refractivity contribution in [2.45, 2.75) is 31.5 Å². The third-order valence-electron chi connectivity index (χ3n) is 2.93. The molecule has 1 fully saturated rings. The molecule has 0 bridgehead atoms. The molecular weight excluding hydrogens is 259 g/mol. The van der Waals surface area contributed by atoms with Crippen molar-refractivity contribution in [2.24, 2.45) is 0 Å². The van der Waals surface area contributed by atoms with E-state index in [2.05, 4.69) is 15.6 Å². The highest BCUT2D eigenvalue weighted by Crippen LogP contribution is 2.27. The van der Waals surface area contributed by atoms with Crippen LogP contribution in [0.25, 0.3) is 0 Å². The third-order valence-corrected chi connectivity index (χ3v) is 2.93. The van der Waals surface area contributed by atoms with E-state index in [4.69, 9.17) is 0 Å². The normalized spacial score (nSPS) is 19.4. The van der Waals surface area contributed by atoms with Crippen molar-refractivity contribution < 1.29 is 18.0 Å². The van der Waals surface area contributed by atoms with Crippen LogP contribution in [0.4, 0.5) is 18.9 Å². The number of carbonyl (C=O) groups is 1. The molecule has 2 rings (SSSR count). The van der Waals surface area contributed by atoms with Crippen molar-refractivity contribution in [1.29, 1.82) is 0 Å². The monoisotopic (exact) mass is 273 g/mol. The summed E-state index contributed by atoms with van der Waals surface area (Å²) in [5.74, 6) is -0.221. The lowest BCUT2D eigenvalue weighted by Gasteiger charge is -2.11. The van der Waals surface area contributed by atoms with Gasteiger partial charge in [-0.05, 0) is 31.5 Å². The average Bonchev–Trinajstić information content (AvgIpc) is 2.81. The van der Waals surface area contributed by atoms with Crippen LogP contribution in [0, 0.1) is 0 Å². The average molecular weight is 273 g/mol. The number of aromatic nitrogens is 1. The summed E-state index contributed by atoms with van der Waals surface area (Å²) in [4.78, 5) is 14.9. The van der Waals surface area contributed by atoms with Gasteiger partial charge in [0.1, 0.15) is 5.69 Å². The second kappa shape index (κ2) is 5.56. The molecule has 7 heteroatoms. The van der Waals surface area contributed by atoms with E-state index < -0.39 is 11.9 Å². The van der Waals surface area contributed by atoms with Crippen molar-refractivity contribution in [3.63, 3.8) is 0 Å². The van der Waals surface area contributed by atoms with Gasteiger partial charge in [-0.25, -0.2) is 4.98 Å². The van der Waals surface area contributed by atoms with Gasteiger partial charge in [-0.15, -0.1) is 0 Å². The lowest BCUT2D eigenvalue weighted by Crippen LogP contribution is -2.27. The molecular formula is C12H14F3N3O. The number of nitrogens with one attached hydrogen (secondary N) is 2. The minimum Gasteiger partial charge on any atom is -0.325 e. The Morgan fingerprint density at radius 1 is 1.47 bits per heavy atom. The van der Waals surface area contributed by atoms with E-state index in [0.717, 1.165) is 31.6 Å². The molecule has 104 valence electrons. The van der Waals surface area contributed by atoms with E-state index in [1.165, 1.54) is 6.07 Å². The molecule has 1 aliphatic rings. The van der Waals surface area contributed by atoms with Gasteiger partial charge in [0, 0.05) is 12.5 Å². The highest BCUT2D eigenvalue weighted by molar-refractivity contribution is 5.90. The molecule has 2 heterocycles. The number of nitrogens with zero attached hydrogens (tertiary/aromatic N) is 1. The highest BCUT2D eigenvalue weighted by atomic mass is 19.4. The Hall–Kier alpha value is -1.63. The smallest absolute Gasteiger partial charge is 0.325 e. The van der Waals surface area contributed by atoms with Crippen LogP contribution < -0.4 is 10.6 Å². The fourth-order valence-corrected chi connectivity index (χ4v) is 2.00. The molecule has 1 amide bonds. The van der Waals surface area contributed by atoms with Crippen molar-refractivity contribution in [1.82, 2.24) is 10.3 Å². The van der Waals surface area contributed by atoms with Crippen molar-refractivity contribution >= 4 is 11.6 Å². The molecule has 0 spiro atoms. The summed E-state index contributed by atoms with van der Waals surface area (Å²) in [6.07, 6.45) is -1.14. The summed E-state index contributed by atoms with van der Waals surface area (Å²) in [5, 5.41) is 5.72. The Morgan fingerprint density at radius 3 is 2.79 bits per heavy atom. The molecule has 1 unspecified atom stereocenters. The minimum atomic E-state index is -4.46. The number of amides is 1. The van der Waals surface area contributed by atoms with Gasteiger partial charge in [0.2, 0.25) is 5.91 Å². The number of rotatable bonds is 3. The van der Waals surface area contributed by atoms with Gasteiger partial charge in [-0.3, -0.25) is 4.79 Å². The Kier molecular flexibility index (Phi) is 4.04. The Balaban J connectivity index is 1.90. The molecule has 2 N–H and O–H groups in total. The number of halogens is 3. The topological polar surface area (TPSA) is 54.0 Å². The second-order valence-corrected chi connectivity index (χ2v) is 4.48. The number of carbonyl (C=O) groups excluding carboxylic acids is 1. The summed E-state index contributed by atoms with van der Waals surface area (Å²) in [6, 6.07) is 2.21. The maximum atomic E-state index is 12.3. The van der Waals surface area contributed by atoms with E-state index in [9.17, 15) is 18.0 Å². The number of alkyl halides is 3. The fraction of sp³-hybridized carbons (Fsp3) is 0.500.